The predicted octanol–water partition coefficient (Wildman–Crippen LogP) is 6.46. The second kappa shape index (κ2) is 15.2. The number of aromatic nitrogens is 3. The van der Waals surface area contributed by atoms with Crippen LogP contribution in [-0.4, -0.2) is 69.0 Å². The van der Waals surface area contributed by atoms with E-state index in [1.54, 1.807) is 29.1 Å². The Morgan fingerprint density at radius 3 is 2.15 bits per heavy atom. The van der Waals surface area contributed by atoms with E-state index in [9.17, 15) is 4.79 Å². The molecule has 0 aliphatic carbocycles. The minimum atomic E-state index is -0.323. The van der Waals surface area contributed by atoms with E-state index in [0.717, 1.165) is 5.56 Å². The van der Waals surface area contributed by atoms with Crippen LogP contribution >= 0.6 is 11.8 Å². The zero-order valence-corrected chi connectivity index (χ0v) is 29.0. The van der Waals surface area contributed by atoms with Crippen molar-refractivity contribution in [2.75, 3.05) is 47.9 Å². The third kappa shape index (κ3) is 7.05. The highest BCUT2D eigenvalue weighted by Gasteiger charge is 2.23. The van der Waals surface area contributed by atoms with Crippen LogP contribution in [0.4, 0.5) is 0 Å². The fraction of sp³-hybridized carbons (Fsp3) is 0.314. The van der Waals surface area contributed by atoms with Crippen molar-refractivity contribution >= 4 is 28.9 Å². The standard InChI is InChI=1S/C35H38N4O8S/c1-20-10-11-23(14-21(20)2)19-36-39-22(3)37-38-35(39)48-13-9-12-46-33-30(43-6)18-27-31(34(33)45-8)25(40)17-26(47-27)24-15-28(41-4)32(44-7)29(16-24)42-5/h10-11,14-19H,9,12-13H2,1-8H3. The lowest BCUT2D eigenvalue weighted by Gasteiger charge is -2.17. The minimum absolute atomic E-state index is 0.221. The van der Waals surface area contributed by atoms with Gasteiger partial charge < -0.3 is 32.8 Å². The van der Waals surface area contributed by atoms with Gasteiger partial charge in [-0.15, -0.1) is 10.2 Å². The van der Waals surface area contributed by atoms with Crippen LogP contribution in [0.15, 0.2) is 61.9 Å². The fourth-order valence-electron chi connectivity index (χ4n) is 5.02. The van der Waals surface area contributed by atoms with E-state index in [-0.39, 0.29) is 22.1 Å². The number of aryl methyl sites for hydroxylation is 3. The molecule has 0 saturated heterocycles. The number of thioether (sulfide) groups is 1. The molecule has 3 aromatic carbocycles. The lowest BCUT2D eigenvalue weighted by atomic mass is 10.1. The number of hydrogen-bond donors (Lipinski definition) is 0. The zero-order chi connectivity index (χ0) is 34.4. The Morgan fingerprint density at radius 2 is 1.50 bits per heavy atom. The van der Waals surface area contributed by atoms with E-state index >= 15 is 0 Å². The number of rotatable bonds is 14. The molecule has 0 spiro atoms. The van der Waals surface area contributed by atoms with Gasteiger partial charge in [-0.3, -0.25) is 4.79 Å². The molecule has 0 unspecified atom stereocenters. The van der Waals surface area contributed by atoms with Crippen molar-refractivity contribution in [1.29, 1.82) is 0 Å². The van der Waals surface area contributed by atoms with Crippen molar-refractivity contribution < 1.29 is 32.8 Å². The van der Waals surface area contributed by atoms with Crippen LogP contribution in [0.2, 0.25) is 0 Å². The lowest BCUT2D eigenvalue weighted by molar-refractivity contribution is 0.277. The maximum absolute atomic E-state index is 13.5. The smallest absolute Gasteiger partial charge is 0.212 e. The first kappa shape index (κ1) is 34.2. The molecule has 5 rings (SSSR count). The molecule has 0 N–H and O–H groups in total. The summed E-state index contributed by atoms with van der Waals surface area (Å²) in [5.74, 6) is 3.81. The quantitative estimate of drug-likeness (QED) is 0.0731. The Hall–Kier alpha value is -5.17. The maximum Gasteiger partial charge on any atom is 0.212 e. The summed E-state index contributed by atoms with van der Waals surface area (Å²) in [4.78, 5) is 13.5. The van der Waals surface area contributed by atoms with Crippen LogP contribution in [0.1, 0.15) is 28.9 Å². The van der Waals surface area contributed by atoms with Gasteiger partial charge in [-0.25, -0.2) is 0 Å². The molecule has 13 heteroatoms. The summed E-state index contributed by atoms with van der Waals surface area (Å²) < 4.78 is 41.8. The summed E-state index contributed by atoms with van der Waals surface area (Å²) in [5.41, 5.74) is 3.93. The highest BCUT2D eigenvalue weighted by atomic mass is 32.2. The van der Waals surface area contributed by atoms with Gasteiger partial charge in [-0.1, -0.05) is 30.0 Å². The first-order valence-electron chi connectivity index (χ1n) is 15.0. The average molecular weight is 675 g/mol. The Labute approximate surface area is 282 Å². The molecule has 0 aliphatic rings. The molecular formula is C35H38N4O8S. The fourth-order valence-corrected chi connectivity index (χ4v) is 5.87. The molecule has 12 nitrogen and oxygen atoms in total. The van der Waals surface area contributed by atoms with Crippen LogP contribution in [-0.2, 0) is 0 Å². The van der Waals surface area contributed by atoms with Crippen LogP contribution in [0, 0.1) is 20.8 Å². The van der Waals surface area contributed by atoms with Gasteiger partial charge in [0.15, 0.2) is 34.3 Å². The highest BCUT2D eigenvalue weighted by Crippen LogP contribution is 2.45. The molecule has 0 radical (unpaired) electrons. The first-order valence-corrected chi connectivity index (χ1v) is 16.0. The van der Waals surface area contributed by atoms with Gasteiger partial charge >= 0.3 is 0 Å². The van der Waals surface area contributed by atoms with E-state index in [2.05, 4.69) is 41.3 Å². The Bertz CT molecular complexity index is 2000. The van der Waals surface area contributed by atoms with E-state index < -0.39 is 0 Å². The summed E-state index contributed by atoms with van der Waals surface area (Å²) in [6, 6.07) is 12.6. The van der Waals surface area contributed by atoms with Gasteiger partial charge in [0.2, 0.25) is 16.7 Å². The van der Waals surface area contributed by atoms with E-state index in [0.29, 0.717) is 69.8 Å². The monoisotopic (exact) mass is 674 g/mol. The summed E-state index contributed by atoms with van der Waals surface area (Å²) in [6.07, 6.45) is 2.45. The summed E-state index contributed by atoms with van der Waals surface area (Å²) in [5, 5.41) is 14.0. The zero-order valence-electron chi connectivity index (χ0n) is 28.2. The molecule has 0 bridgehead atoms. The van der Waals surface area contributed by atoms with Crippen LogP contribution in [0.3, 0.4) is 0 Å². The van der Waals surface area contributed by atoms with Crippen molar-refractivity contribution in [1.82, 2.24) is 14.9 Å². The van der Waals surface area contributed by atoms with Gasteiger partial charge in [0.05, 0.1) is 48.4 Å². The molecule has 0 fully saturated rings. The SMILES string of the molecule is COc1cc(-c2cc(=O)c3c(OC)c(OCCCSc4nnc(C)n4N=Cc4ccc(C)c(C)c4)c(OC)cc3o2)cc(OC)c1OC. The van der Waals surface area contributed by atoms with E-state index in [1.807, 2.05) is 13.0 Å². The van der Waals surface area contributed by atoms with Crippen LogP contribution < -0.4 is 33.8 Å². The average Bonchev–Trinajstić information content (AvgIpc) is 3.45. The Morgan fingerprint density at radius 1 is 0.812 bits per heavy atom. The molecule has 2 aromatic heterocycles. The number of fused-ring (bicyclic) bond motifs is 1. The van der Waals surface area contributed by atoms with Gasteiger partial charge in [0.1, 0.15) is 16.7 Å². The molecule has 0 aliphatic heterocycles. The first-order chi connectivity index (χ1) is 23.2. The summed E-state index contributed by atoms with van der Waals surface area (Å²) in [6.45, 7) is 6.34. The van der Waals surface area contributed by atoms with Crippen LogP contribution in [0.5, 0.6) is 34.5 Å². The molecule has 0 atom stereocenters. The topological polar surface area (TPSA) is 129 Å². The molecule has 0 saturated carbocycles. The predicted molar refractivity (Wildman–Crippen MR) is 185 cm³/mol. The van der Waals surface area contributed by atoms with Crippen LogP contribution in [0.25, 0.3) is 22.3 Å². The highest BCUT2D eigenvalue weighted by molar-refractivity contribution is 7.99. The number of benzene rings is 3. The second-order valence-electron chi connectivity index (χ2n) is 10.7. The molecule has 2 heterocycles. The molecule has 5 aromatic rings. The van der Waals surface area contributed by atoms with Crippen molar-refractivity contribution in [2.24, 2.45) is 5.10 Å². The summed E-state index contributed by atoms with van der Waals surface area (Å²) in [7, 11) is 7.54. The lowest BCUT2D eigenvalue weighted by Crippen LogP contribution is -2.07. The third-order valence-corrected chi connectivity index (χ3v) is 8.66. The number of ether oxygens (including phenoxy) is 6. The molecular weight excluding hydrogens is 636 g/mol. The number of nitrogens with zero attached hydrogens (tertiary/aromatic N) is 4. The third-order valence-electron chi connectivity index (χ3n) is 7.65. The maximum atomic E-state index is 13.5. The van der Waals surface area contributed by atoms with Crippen molar-refractivity contribution in [3.63, 3.8) is 0 Å². The summed E-state index contributed by atoms with van der Waals surface area (Å²) >= 11 is 1.52. The van der Waals surface area contributed by atoms with Crippen molar-refractivity contribution in [3.05, 3.63) is 75.2 Å². The van der Waals surface area contributed by atoms with Gasteiger partial charge in [0.25, 0.3) is 0 Å². The normalized spacial score (nSPS) is 11.2. The van der Waals surface area contributed by atoms with Crippen molar-refractivity contribution in [3.8, 4) is 45.8 Å². The van der Waals surface area contributed by atoms with E-state index in [4.69, 9.17) is 32.8 Å². The van der Waals surface area contributed by atoms with Crippen molar-refractivity contribution in [2.45, 2.75) is 32.3 Å². The Kier molecular flexibility index (Phi) is 10.8. The largest absolute Gasteiger partial charge is 0.493 e. The minimum Gasteiger partial charge on any atom is -0.493 e. The Balaban J connectivity index is 1.33. The van der Waals surface area contributed by atoms with Gasteiger partial charge in [-0.05, 0) is 56.0 Å². The molecule has 48 heavy (non-hydrogen) atoms. The number of methoxy groups -OCH3 is 5. The molecule has 252 valence electrons. The van der Waals surface area contributed by atoms with E-state index in [1.165, 1.54) is 64.5 Å². The molecule has 0 amide bonds. The number of hydrogen-bond acceptors (Lipinski definition) is 12. The van der Waals surface area contributed by atoms with Gasteiger partial charge in [-0.2, -0.15) is 9.78 Å². The van der Waals surface area contributed by atoms with Gasteiger partial charge in [0, 0.05) is 23.4 Å². The second-order valence-corrected chi connectivity index (χ2v) is 11.7.